The predicted octanol–water partition coefficient (Wildman–Crippen LogP) is 2.48. The number of hydrogen-bond donors (Lipinski definition) is 0. The van der Waals surface area contributed by atoms with Crippen molar-refractivity contribution in [3.05, 3.63) is 11.8 Å². The smallest absolute Gasteiger partial charge is 0.433 e. The molecular weight excluding hydrogens is 349 g/mol. The number of hydrogen-bond acceptors (Lipinski definition) is 6. The normalized spacial score (nSPS) is 24.7. The second-order valence-corrected chi connectivity index (χ2v) is 7.72. The third-order valence-corrected chi connectivity index (χ3v) is 5.84. The van der Waals surface area contributed by atoms with Crippen molar-refractivity contribution in [2.75, 3.05) is 36.5 Å². The molecule has 2 aliphatic heterocycles. The summed E-state index contributed by atoms with van der Waals surface area (Å²) in [7, 11) is 1.37. The highest BCUT2D eigenvalue weighted by atomic mass is 19.4. The lowest BCUT2D eigenvalue weighted by Crippen LogP contribution is -2.63. The summed E-state index contributed by atoms with van der Waals surface area (Å²) in [5.74, 6) is 0.171. The molecule has 1 aromatic heterocycles. The minimum Gasteiger partial charge on any atom is -0.469 e. The van der Waals surface area contributed by atoms with Crippen LogP contribution in [0.5, 0.6) is 0 Å². The van der Waals surface area contributed by atoms with Crippen LogP contribution < -0.4 is 9.80 Å². The van der Waals surface area contributed by atoms with Gasteiger partial charge in [0.1, 0.15) is 5.82 Å². The van der Waals surface area contributed by atoms with Gasteiger partial charge in [-0.2, -0.15) is 18.2 Å². The molecule has 2 saturated heterocycles. The van der Waals surface area contributed by atoms with Gasteiger partial charge in [0.15, 0.2) is 5.69 Å². The molecule has 0 aromatic carbocycles. The molecule has 9 heteroatoms. The molecule has 1 atom stereocenters. The fraction of sp³-hybridized carbons (Fsp3) is 0.706. The van der Waals surface area contributed by atoms with Gasteiger partial charge in [-0.1, -0.05) is 0 Å². The maximum Gasteiger partial charge on any atom is 0.433 e. The average molecular weight is 370 g/mol. The standard InChI is InChI=1S/C17H21F3N4O2/c1-10-3-4-24(10)15-21-12(17(18,19)20)5-13(22-15)23-8-16(9-23)6-11(7-16)14(25)26-2/h5,10-11H,3-4,6-9H2,1-2H3/t10-/m0/s1. The predicted molar refractivity (Wildman–Crippen MR) is 87.8 cm³/mol. The van der Waals surface area contributed by atoms with E-state index in [4.69, 9.17) is 4.74 Å². The Morgan fingerprint density at radius 3 is 2.50 bits per heavy atom. The van der Waals surface area contributed by atoms with Gasteiger partial charge in [0.05, 0.1) is 13.0 Å². The molecule has 1 saturated carbocycles. The van der Waals surface area contributed by atoms with Crippen LogP contribution in [0.25, 0.3) is 0 Å². The van der Waals surface area contributed by atoms with E-state index in [-0.39, 0.29) is 29.3 Å². The Morgan fingerprint density at radius 2 is 2.00 bits per heavy atom. The number of carbonyl (C=O) groups is 1. The summed E-state index contributed by atoms with van der Waals surface area (Å²) < 4.78 is 44.5. The number of carbonyl (C=O) groups excluding carboxylic acids is 1. The van der Waals surface area contributed by atoms with E-state index >= 15 is 0 Å². The van der Waals surface area contributed by atoms with Crippen molar-refractivity contribution in [1.29, 1.82) is 0 Å². The first kappa shape index (κ1) is 17.4. The molecule has 1 aliphatic carbocycles. The van der Waals surface area contributed by atoms with Crippen LogP contribution in [0, 0.1) is 11.3 Å². The second-order valence-electron chi connectivity index (χ2n) is 7.72. The average Bonchev–Trinajstić information content (AvgIpc) is 2.49. The molecule has 0 radical (unpaired) electrons. The number of ether oxygens (including phenoxy) is 1. The molecule has 142 valence electrons. The summed E-state index contributed by atoms with van der Waals surface area (Å²) in [6.45, 7) is 3.85. The summed E-state index contributed by atoms with van der Waals surface area (Å²) in [6.07, 6.45) is -2.13. The quantitative estimate of drug-likeness (QED) is 0.762. The van der Waals surface area contributed by atoms with Gasteiger partial charge in [-0.25, -0.2) is 4.98 Å². The first-order chi connectivity index (χ1) is 12.2. The molecule has 0 N–H and O–H groups in total. The Kier molecular flexibility index (Phi) is 3.82. The SMILES string of the molecule is COC(=O)C1CC2(C1)CN(c1cc(C(F)(F)F)nc(N3CC[C@@H]3C)n1)C2. The number of nitrogens with zero attached hydrogens (tertiary/aromatic N) is 4. The van der Waals surface area contributed by atoms with Crippen molar-refractivity contribution in [1.82, 2.24) is 9.97 Å². The third kappa shape index (κ3) is 2.77. The van der Waals surface area contributed by atoms with Crippen LogP contribution in [0.4, 0.5) is 24.9 Å². The molecule has 0 amide bonds. The number of alkyl halides is 3. The molecule has 3 fully saturated rings. The molecule has 1 aromatic rings. The van der Waals surface area contributed by atoms with Gasteiger partial charge in [0.25, 0.3) is 0 Å². The second kappa shape index (κ2) is 5.72. The van der Waals surface area contributed by atoms with Crippen LogP contribution in [0.15, 0.2) is 6.07 Å². The van der Waals surface area contributed by atoms with E-state index in [0.29, 0.717) is 25.5 Å². The van der Waals surface area contributed by atoms with Gasteiger partial charge >= 0.3 is 12.1 Å². The molecule has 1 spiro atoms. The molecule has 4 rings (SSSR count). The van der Waals surface area contributed by atoms with E-state index in [1.807, 2.05) is 11.8 Å². The highest BCUT2D eigenvalue weighted by molar-refractivity contribution is 5.74. The number of esters is 1. The first-order valence-electron chi connectivity index (χ1n) is 8.76. The van der Waals surface area contributed by atoms with Gasteiger partial charge in [0.2, 0.25) is 5.95 Å². The fourth-order valence-electron chi connectivity index (χ4n) is 4.17. The summed E-state index contributed by atoms with van der Waals surface area (Å²) in [6, 6.07) is 1.18. The Bertz CT molecular complexity index is 725. The number of anilines is 2. The Morgan fingerprint density at radius 1 is 1.31 bits per heavy atom. The molecule has 0 unspecified atom stereocenters. The number of rotatable bonds is 3. The van der Waals surface area contributed by atoms with Gasteiger partial charge in [0, 0.05) is 37.2 Å². The largest absolute Gasteiger partial charge is 0.469 e. The van der Waals surface area contributed by atoms with E-state index in [9.17, 15) is 18.0 Å². The van der Waals surface area contributed by atoms with Crippen molar-refractivity contribution >= 4 is 17.7 Å². The van der Waals surface area contributed by atoms with E-state index in [2.05, 4.69) is 9.97 Å². The van der Waals surface area contributed by atoms with Crippen molar-refractivity contribution in [3.63, 3.8) is 0 Å². The lowest BCUT2D eigenvalue weighted by Gasteiger charge is -2.58. The number of aromatic nitrogens is 2. The summed E-state index contributed by atoms with van der Waals surface area (Å²) >= 11 is 0. The van der Waals surface area contributed by atoms with Gasteiger partial charge in [-0.3, -0.25) is 4.79 Å². The van der Waals surface area contributed by atoms with E-state index < -0.39 is 11.9 Å². The zero-order valence-corrected chi connectivity index (χ0v) is 14.7. The molecule has 6 nitrogen and oxygen atoms in total. The minimum atomic E-state index is -4.50. The first-order valence-corrected chi connectivity index (χ1v) is 8.76. The molecule has 3 aliphatic rings. The fourth-order valence-corrected chi connectivity index (χ4v) is 4.17. The molecule has 0 bridgehead atoms. The van der Waals surface area contributed by atoms with Crippen LogP contribution in [0.2, 0.25) is 0 Å². The summed E-state index contributed by atoms with van der Waals surface area (Å²) in [4.78, 5) is 23.3. The van der Waals surface area contributed by atoms with Crippen LogP contribution >= 0.6 is 0 Å². The van der Waals surface area contributed by atoms with Crippen LogP contribution in [0.3, 0.4) is 0 Å². The van der Waals surface area contributed by atoms with Crippen molar-refractivity contribution < 1.29 is 22.7 Å². The van der Waals surface area contributed by atoms with E-state index in [1.165, 1.54) is 7.11 Å². The third-order valence-electron chi connectivity index (χ3n) is 5.84. The minimum absolute atomic E-state index is 0.00636. The van der Waals surface area contributed by atoms with Crippen LogP contribution in [-0.2, 0) is 15.7 Å². The van der Waals surface area contributed by atoms with Crippen LogP contribution in [-0.4, -0.2) is 48.7 Å². The Balaban J connectivity index is 1.51. The lowest BCUT2D eigenvalue weighted by atomic mass is 9.58. The maximum atomic E-state index is 13.2. The van der Waals surface area contributed by atoms with Crippen molar-refractivity contribution in [2.45, 2.75) is 38.4 Å². The Labute approximate surface area is 149 Å². The van der Waals surface area contributed by atoms with Gasteiger partial charge in [-0.15, -0.1) is 0 Å². The molecule has 26 heavy (non-hydrogen) atoms. The topological polar surface area (TPSA) is 58.6 Å². The zero-order chi connectivity index (χ0) is 18.7. The monoisotopic (exact) mass is 370 g/mol. The summed E-state index contributed by atoms with van der Waals surface area (Å²) in [5.41, 5.74) is -0.898. The van der Waals surface area contributed by atoms with Crippen LogP contribution in [0.1, 0.15) is 31.9 Å². The van der Waals surface area contributed by atoms with Crippen molar-refractivity contribution in [3.8, 4) is 0 Å². The van der Waals surface area contributed by atoms with Crippen molar-refractivity contribution in [2.24, 2.45) is 11.3 Å². The summed E-state index contributed by atoms with van der Waals surface area (Å²) in [5, 5.41) is 0. The maximum absolute atomic E-state index is 13.2. The number of methoxy groups -OCH3 is 1. The van der Waals surface area contributed by atoms with Gasteiger partial charge < -0.3 is 14.5 Å². The molecule has 3 heterocycles. The lowest BCUT2D eigenvalue weighted by molar-refractivity contribution is -0.155. The van der Waals surface area contributed by atoms with E-state index in [0.717, 1.165) is 25.3 Å². The number of halogens is 3. The highest BCUT2D eigenvalue weighted by Gasteiger charge is 2.55. The van der Waals surface area contributed by atoms with E-state index in [1.54, 1.807) is 4.90 Å². The zero-order valence-electron chi connectivity index (χ0n) is 14.7. The highest BCUT2D eigenvalue weighted by Crippen LogP contribution is 2.53. The molecular formula is C17H21F3N4O2. The Hall–Kier alpha value is -2.06. The van der Waals surface area contributed by atoms with Gasteiger partial charge in [-0.05, 0) is 26.2 Å².